The summed E-state index contributed by atoms with van der Waals surface area (Å²) in [6.07, 6.45) is 5.68. The van der Waals surface area contributed by atoms with E-state index in [1.165, 1.54) is 0 Å². The zero-order chi connectivity index (χ0) is 20.1. The van der Waals surface area contributed by atoms with E-state index < -0.39 is 23.4 Å². The summed E-state index contributed by atoms with van der Waals surface area (Å²) in [6, 6.07) is 9.49. The SMILES string of the molecule is CC/C=C/CN(Cc1ccccc1)C(=O)C=C(C(=O)OCC)C(=O)OCC. The van der Waals surface area contributed by atoms with Crippen LogP contribution in [0.15, 0.2) is 54.1 Å². The molecule has 0 spiro atoms. The Morgan fingerprint density at radius 1 is 0.926 bits per heavy atom. The third-order valence-electron chi connectivity index (χ3n) is 3.51. The molecule has 0 aromatic heterocycles. The van der Waals surface area contributed by atoms with Crippen LogP contribution in [0.5, 0.6) is 0 Å². The third-order valence-corrected chi connectivity index (χ3v) is 3.51. The van der Waals surface area contributed by atoms with E-state index in [2.05, 4.69) is 0 Å². The molecule has 0 heterocycles. The Morgan fingerprint density at radius 2 is 1.52 bits per heavy atom. The minimum absolute atomic E-state index is 0.0940. The Morgan fingerprint density at radius 3 is 2.04 bits per heavy atom. The molecule has 0 atom stereocenters. The highest BCUT2D eigenvalue weighted by atomic mass is 16.6. The maximum absolute atomic E-state index is 12.8. The maximum Gasteiger partial charge on any atom is 0.345 e. The average Bonchev–Trinajstić information content (AvgIpc) is 2.66. The summed E-state index contributed by atoms with van der Waals surface area (Å²) in [5.74, 6) is -2.20. The normalized spacial score (nSPS) is 10.3. The molecular weight excluding hydrogens is 346 g/mol. The molecule has 0 unspecified atom stereocenters. The van der Waals surface area contributed by atoms with Crippen LogP contribution in [0.25, 0.3) is 0 Å². The van der Waals surface area contributed by atoms with Crippen LogP contribution in [0.2, 0.25) is 0 Å². The first-order valence-electron chi connectivity index (χ1n) is 9.07. The standard InChI is InChI=1S/C21H27NO5/c1-4-7-11-14-22(16-17-12-9-8-10-13-17)19(23)15-18(20(24)26-5-2)21(25)27-6-3/h7-13,15H,4-6,14,16H2,1-3H3/b11-7+. The molecule has 0 saturated heterocycles. The van der Waals surface area contributed by atoms with Gasteiger partial charge in [0.25, 0.3) is 0 Å². The van der Waals surface area contributed by atoms with Gasteiger partial charge < -0.3 is 14.4 Å². The maximum atomic E-state index is 12.8. The van der Waals surface area contributed by atoms with Gasteiger partial charge in [0.1, 0.15) is 5.57 Å². The lowest BCUT2D eigenvalue weighted by Crippen LogP contribution is -2.31. The fourth-order valence-corrected chi connectivity index (χ4v) is 2.24. The zero-order valence-corrected chi connectivity index (χ0v) is 16.1. The van der Waals surface area contributed by atoms with Gasteiger partial charge in [-0.25, -0.2) is 9.59 Å². The van der Waals surface area contributed by atoms with Gasteiger partial charge in [0, 0.05) is 19.2 Å². The highest BCUT2D eigenvalue weighted by Gasteiger charge is 2.24. The Bertz CT molecular complexity index is 659. The Labute approximate surface area is 160 Å². The summed E-state index contributed by atoms with van der Waals surface area (Å²) in [5, 5.41) is 0. The van der Waals surface area contributed by atoms with Crippen molar-refractivity contribution in [3.8, 4) is 0 Å². The van der Waals surface area contributed by atoms with Crippen molar-refractivity contribution in [2.45, 2.75) is 33.7 Å². The monoisotopic (exact) mass is 373 g/mol. The Kier molecular flexibility index (Phi) is 10.2. The van der Waals surface area contributed by atoms with Crippen molar-refractivity contribution >= 4 is 17.8 Å². The summed E-state index contributed by atoms with van der Waals surface area (Å²) >= 11 is 0. The van der Waals surface area contributed by atoms with Gasteiger partial charge in [0.05, 0.1) is 13.2 Å². The molecule has 1 aromatic carbocycles. The molecule has 0 N–H and O–H groups in total. The van der Waals surface area contributed by atoms with E-state index in [4.69, 9.17) is 9.47 Å². The van der Waals surface area contributed by atoms with Gasteiger partial charge in [-0.05, 0) is 25.8 Å². The molecule has 0 saturated carbocycles. The van der Waals surface area contributed by atoms with Crippen molar-refractivity contribution in [2.24, 2.45) is 0 Å². The summed E-state index contributed by atoms with van der Waals surface area (Å²) in [7, 11) is 0. The molecule has 0 aliphatic rings. The van der Waals surface area contributed by atoms with Crippen LogP contribution < -0.4 is 0 Å². The van der Waals surface area contributed by atoms with E-state index in [-0.39, 0.29) is 13.2 Å². The van der Waals surface area contributed by atoms with Crippen LogP contribution >= 0.6 is 0 Å². The third kappa shape index (κ3) is 7.90. The minimum Gasteiger partial charge on any atom is -0.462 e. The summed E-state index contributed by atoms with van der Waals surface area (Å²) in [5.41, 5.74) is 0.541. The van der Waals surface area contributed by atoms with Gasteiger partial charge in [0.15, 0.2) is 0 Å². The lowest BCUT2D eigenvalue weighted by atomic mass is 10.2. The molecule has 27 heavy (non-hydrogen) atoms. The van der Waals surface area contributed by atoms with Gasteiger partial charge in [-0.1, -0.05) is 49.4 Å². The summed E-state index contributed by atoms with van der Waals surface area (Å²) in [6.45, 7) is 6.15. The molecule has 0 aliphatic carbocycles. The van der Waals surface area contributed by atoms with Gasteiger partial charge in [-0.2, -0.15) is 0 Å². The van der Waals surface area contributed by atoms with Crippen molar-refractivity contribution < 1.29 is 23.9 Å². The second kappa shape index (κ2) is 12.5. The second-order valence-corrected chi connectivity index (χ2v) is 5.58. The molecule has 6 heteroatoms. The van der Waals surface area contributed by atoms with Crippen LogP contribution in [-0.4, -0.2) is 42.5 Å². The predicted molar refractivity (Wildman–Crippen MR) is 103 cm³/mol. The van der Waals surface area contributed by atoms with Gasteiger partial charge >= 0.3 is 11.9 Å². The number of amides is 1. The van der Waals surface area contributed by atoms with Crippen LogP contribution in [0.3, 0.4) is 0 Å². The molecule has 1 amide bonds. The van der Waals surface area contributed by atoms with E-state index in [1.54, 1.807) is 18.7 Å². The van der Waals surface area contributed by atoms with E-state index >= 15 is 0 Å². The fourth-order valence-electron chi connectivity index (χ4n) is 2.24. The number of carbonyl (C=O) groups excluding carboxylic acids is 3. The highest BCUT2D eigenvalue weighted by molar-refractivity contribution is 6.17. The lowest BCUT2D eigenvalue weighted by molar-refractivity contribution is -0.147. The van der Waals surface area contributed by atoms with Crippen LogP contribution in [0, 0.1) is 0 Å². The number of esters is 2. The fraction of sp³-hybridized carbons (Fsp3) is 0.381. The lowest BCUT2D eigenvalue weighted by Gasteiger charge is -2.20. The minimum atomic E-state index is -0.868. The predicted octanol–water partition coefficient (Wildman–Crippen LogP) is 3.03. The van der Waals surface area contributed by atoms with Gasteiger partial charge in [-0.15, -0.1) is 0 Å². The van der Waals surface area contributed by atoms with E-state index in [0.717, 1.165) is 18.1 Å². The Hall–Kier alpha value is -2.89. The first-order chi connectivity index (χ1) is 13.0. The number of allylic oxidation sites excluding steroid dienone is 1. The van der Waals surface area contributed by atoms with Crippen molar-refractivity contribution in [3.05, 3.63) is 59.7 Å². The number of hydrogen-bond acceptors (Lipinski definition) is 5. The van der Waals surface area contributed by atoms with E-state index in [0.29, 0.717) is 13.1 Å². The molecule has 0 bridgehead atoms. The van der Waals surface area contributed by atoms with Gasteiger partial charge in [-0.3, -0.25) is 4.79 Å². The van der Waals surface area contributed by atoms with Crippen molar-refractivity contribution in [2.75, 3.05) is 19.8 Å². The number of carbonyl (C=O) groups is 3. The quantitative estimate of drug-likeness (QED) is 0.207. The molecule has 0 radical (unpaired) electrons. The number of hydrogen-bond donors (Lipinski definition) is 0. The first kappa shape index (κ1) is 22.2. The molecule has 146 valence electrons. The highest BCUT2D eigenvalue weighted by Crippen LogP contribution is 2.09. The first-order valence-corrected chi connectivity index (χ1v) is 9.07. The van der Waals surface area contributed by atoms with Crippen molar-refractivity contribution in [1.29, 1.82) is 0 Å². The number of rotatable bonds is 10. The molecule has 0 fully saturated rings. The van der Waals surface area contributed by atoms with Crippen LogP contribution in [0.4, 0.5) is 0 Å². The zero-order valence-electron chi connectivity index (χ0n) is 16.1. The molecule has 1 rings (SSSR count). The largest absolute Gasteiger partial charge is 0.462 e. The molecule has 6 nitrogen and oxygen atoms in total. The summed E-state index contributed by atoms with van der Waals surface area (Å²) < 4.78 is 9.75. The Balaban J connectivity index is 3.09. The smallest absolute Gasteiger partial charge is 0.345 e. The average molecular weight is 373 g/mol. The van der Waals surface area contributed by atoms with Crippen molar-refractivity contribution in [1.82, 2.24) is 4.90 Å². The van der Waals surface area contributed by atoms with Crippen LogP contribution in [-0.2, 0) is 30.4 Å². The summed E-state index contributed by atoms with van der Waals surface area (Å²) in [4.78, 5) is 38.4. The van der Waals surface area contributed by atoms with Crippen molar-refractivity contribution in [3.63, 3.8) is 0 Å². The number of benzene rings is 1. The number of ether oxygens (including phenoxy) is 2. The molecule has 1 aromatic rings. The van der Waals surface area contributed by atoms with E-state index in [9.17, 15) is 14.4 Å². The topological polar surface area (TPSA) is 72.9 Å². The molecular formula is C21H27NO5. The second-order valence-electron chi connectivity index (χ2n) is 5.58. The molecule has 0 aliphatic heterocycles. The van der Waals surface area contributed by atoms with Gasteiger partial charge in [0.2, 0.25) is 5.91 Å². The number of nitrogens with zero attached hydrogens (tertiary/aromatic N) is 1. The van der Waals surface area contributed by atoms with E-state index in [1.807, 2.05) is 49.4 Å². The van der Waals surface area contributed by atoms with Crippen LogP contribution in [0.1, 0.15) is 32.8 Å².